The second-order valence-corrected chi connectivity index (χ2v) is 8.02. The molecule has 0 bridgehead atoms. The van der Waals surface area contributed by atoms with Crippen molar-refractivity contribution >= 4 is 46.7 Å². The van der Waals surface area contributed by atoms with Crippen molar-refractivity contribution in [3.63, 3.8) is 0 Å². The molecule has 1 N–H and O–H groups in total. The van der Waals surface area contributed by atoms with Crippen LogP contribution in [-0.2, 0) is 6.42 Å². The maximum absolute atomic E-state index is 10.3. The van der Waals surface area contributed by atoms with Gasteiger partial charge in [0.1, 0.15) is 0 Å². The first kappa shape index (κ1) is 14.9. The van der Waals surface area contributed by atoms with E-state index in [-0.39, 0.29) is 6.10 Å². The van der Waals surface area contributed by atoms with Crippen LogP contribution in [0.1, 0.15) is 12.5 Å². The van der Waals surface area contributed by atoms with E-state index in [1.165, 1.54) is 5.75 Å². The van der Waals surface area contributed by atoms with E-state index in [2.05, 4.69) is 6.92 Å². The van der Waals surface area contributed by atoms with Crippen molar-refractivity contribution in [3.05, 3.63) is 33.8 Å². The molecule has 1 aliphatic rings. The van der Waals surface area contributed by atoms with Crippen molar-refractivity contribution < 1.29 is 5.11 Å². The van der Waals surface area contributed by atoms with Gasteiger partial charge in [-0.1, -0.05) is 36.2 Å². The van der Waals surface area contributed by atoms with Crippen molar-refractivity contribution in [2.24, 2.45) is 0 Å². The lowest BCUT2D eigenvalue weighted by molar-refractivity contribution is 0.171. The fourth-order valence-corrected chi connectivity index (χ4v) is 5.26. The van der Waals surface area contributed by atoms with Gasteiger partial charge >= 0.3 is 0 Å². The third kappa shape index (κ3) is 3.73. The molecule has 100 valence electrons. The van der Waals surface area contributed by atoms with E-state index < -0.39 is 0 Å². The Labute approximate surface area is 127 Å². The van der Waals surface area contributed by atoms with E-state index in [4.69, 9.17) is 23.2 Å². The molecule has 0 saturated carbocycles. The Bertz CT molecular complexity index is 414. The smallest absolute Gasteiger partial charge is 0.0709 e. The van der Waals surface area contributed by atoms with E-state index in [1.54, 1.807) is 6.07 Å². The van der Waals surface area contributed by atoms with Gasteiger partial charge in [0.25, 0.3) is 0 Å². The number of hydrogen-bond donors (Lipinski definition) is 1. The second-order valence-electron chi connectivity index (χ2n) is 4.43. The molecule has 1 fully saturated rings. The molecule has 3 atom stereocenters. The highest BCUT2D eigenvalue weighted by molar-refractivity contribution is 8.07. The van der Waals surface area contributed by atoms with E-state index >= 15 is 0 Å². The van der Waals surface area contributed by atoms with E-state index in [0.717, 1.165) is 11.3 Å². The molecule has 1 heterocycles. The molecule has 0 spiro atoms. The van der Waals surface area contributed by atoms with Gasteiger partial charge in [0.2, 0.25) is 0 Å². The molecule has 18 heavy (non-hydrogen) atoms. The molecule has 0 radical (unpaired) electrons. The maximum Gasteiger partial charge on any atom is 0.0709 e. The van der Waals surface area contributed by atoms with E-state index in [9.17, 15) is 5.11 Å². The van der Waals surface area contributed by atoms with Gasteiger partial charge in [-0.2, -0.15) is 23.5 Å². The van der Waals surface area contributed by atoms with Crippen LogP contribution in [-0.4, -0.2) is 33.2 Å². The molecular weight excluding hydrogens is 307 g/mol. The summed E-state index contributed by atoms with van der Waals surface area (Å²) < 4.78 is 0. The van der Waals surface area contributed by atoms with Crippen LogP contribution in [0.15, 0.2) is 18.2 Å². The third-order valence-corrected chi connectivity index (χ3v) is 7.02. The molecule has 0 amide bonds. The number of benzene rings is 1. The standard InChI is InChI=1S/C13H16Cl2OS2/c1-8-13(18-5-4-17-8)12(16)7-9-2-3-10(14)11(15)6-9/h2-3,6,8,12-13,16H,4-5,7H2,1H3. The average molecular weight is 323 g/mol. The summed E-state index contributed by atoms with van der Waals surface area (Å²) in [5.41, 5.74) is 1.04. The topological polar surface area (TPSA) is 20.2 Å². The number of halogens is 2. The van der Waals surface area contributed by atoms with Crippen LogP contribution in [0, 0.1) is 0 Å². The molecule has 1 aromatic carbocycles. The summed E-state index contributed by atoms with van der Waals surface area (Å²) in [6.07, 6.45) is 0.314. The zero-order valence-electron chi connectivity index (χ0n) is 10.1. The molecule has 1 aliphatic heterocycles. The predicted octanol–water partition coefficient (Wildman–Crippen LogP) is 4.13. The fourth-order valence-electron chi connectivity index (χ4n) is 2.10. The lowest BCUT2D eigenvalue weighted by atomic mass is 10.0. The number of aliphatic hydroxyl groups is 1. The quantitative estimate of drug-likeness (QED) is 0.903. The van der Waals surface area contributed by atoms with Crippen LogP contribution in [0.25, 0.3) is 0 Å². The van der Waals surface area contributed by atoms with Crippen molar-refractivity contribution in [1.29, 1.82) is 0 Å². The molecule has 5 heteroatoms. The zero-order chi connectivity index (χ0) is 13.1. The first-order valence-corrected chi connectivity index (χ1v) is 8.78. The average Bonchev–Trinajstić information content (AvgIpc) is 2.34. The maximum atomic E-state index is 10.3. The van der Waals surface area contributed by atoms with Gasteiger partial charge in [0.05, 0.1) is 16.1 Å². The summed E-state index contributed by atoms with van der Waals surface area (Å²) >= 11 is 15.7. The van der Waals surface area contributed by atoms with Crippen LogP contribution in [0.4, 0.5) is 0 Å². The second kappa shape index (κ2) is 6.76. The summed E-state index contributed by atoms with van der Waals surface area (Å²) in [6.45, 7) is 2.19. The Balaban J connectivity index is 2.01. The van der Waals surface area contributed by atoms with E-state index in [1.807, 2.05) is 35.7 Å². The third-order valence-electron chi connectivity index (χ3n) is 3.05. The molecule has 3 unspecified atom stereocenters. The van der Waals surface area contributed by atoms with Gasteiger partial charge in [-0.15, -0.1) is 0 Å². The summed E-state index contributed by atoms with van der Waals surface area (Å²) in [6, 6.07) is 5.57. The molecule has 1 aromatic rings. The Hall–Kier alpha value is 0.460. The summed E-state index contributed by atoms with van der Waals surface area (Å²) in [5.74, 6) is 2.31. The number of thioether (sulfide) groups is 2. The fraction of sp³-hybridized carbons (Fsp3) is 0.538. The highest BCUT2D eigenvalue weighted by atomic mass is 35.5. The molecule has 1 saturated heterocycles. The van der Waals surface area contributed by atoms with Crippen molar-refractivity contribution in [2.75, 3.05) is 11.5 Å². The Kier molecular flexibility index (Phi) is 5.58. The zero-order valence-corrected chi connectivity index (χ0v) is 13.2. The Morgan fingerprint density at radius 3 is 2.67 bits per heavy atom. The first-order valence-electron chi connectivity index (χ1n) is 5.93. The minimum absolute atomic E-state index is 0.304. The van der Waals surface area contributed by atoms with Gasteiger partial charge in [-0.25, -0.2) is 0 Å². The van der Waals surface area contributed by atoms with Crippen molar-refractivity contribution in [2.45, 2.75) is 29.9 Å². The summed E-state index contributed by atoms with van der Waals surface area (Å²) in [4.78, 5) is 0. The van der Waals surface area contributed by atoms with Crippen LogP contribution < -0.4 is 0 Å². The van der Waals surface area contributed by atoms with E-state index in [0.29, 0.717) is 27.0 Å². The van der Waals surface area contributed by atoms with Gasteiger partial charge in [-0.3, -0.25) is 0 Å². The molecule has 0 aliphatic carbocycles. The highest BCUT2D eigenvalue weighted by Gasteiger charge is 2.29. The van der Waals surface area contributed by atoms with Crippen LogP contribution in [0.2, 0.25) is 10.0 Å². The van der Waals surface area contributed by atoms with Gasteiger partial charge in [0.15, 0.2) is 0 Å². The number of aliphatic hydroxyl groups excluding tert-OH is 1. The van der Waals surface area contributed by atoms with Crippen molar-refractivity contribution in [1.82, 2.24) is 0 Å². The summed E-state index contributed by atoms with van der Waals surface area (Å²) in [5, 5.41) is 12.3. The minimum atomic E-state index is -0.324. The predicted molar refractivity (Wildman–Crippen MR) is 84.3 cm³/mol. The monoisotopic (exact) mass is 322 g/mol. The Morgan fingerprint density at radius 1 is 1.28 bits per heavy atom. The minimum Gasteiger partial charge on any atom is -0.392 e. The largest absolute Gasteiger partial charge is 0.392 e. The van der Waals surface area contributed by atoms with Crippen LogP contribution in [0.3, 0.4) is 0 Å². The SMILES string of the molecule is CC1SCCSC1C(O)Cc1ccc(Cl)c(Cl)c1. The van der Waals surface area contributed by atoms with Gasteiger partial charge < -0.3 is 5.11 Å². The first-order chi connectivity index (χ1) is 8.58. The van der Waals surface area contributed by atoms with Crippen molar-refractivity contribution in [3.8, 4) is 0 Å². The molecule has 1 nitrogen and oxygen atoms in total. The molecular formula is C13H16Cl2OS2. The summed E-state index contributed by atoms with van der Waals surface area (Å²) in [7, 11) is 0. The number of hydrogen-bond acceptors (Lipinski definition) is 3. The van der Waals surface area contributed by atoms with Gasteiger partial charge in [-0.05, 0) is 24.1 Å². The molecule has 0 aromatic heterocycles. The van der Waals surface area contributed by atoms with Crippen LogP contribution >= 0.6 is 46.7 Å². The van der Waals surface area contributed by atoms with Gasteiger partial charge in [0, 0.05) is 22.0 Å². The van der Waals surface area contributed by atoms with Crippen LogP contribution in [0.5, 0.6) is 0 Å². The molecule has 2 rings (SSSR count). The lowest BCUT2D eigenvalue weighted by Gasteiger charge is -2.31. The lowest BCUT2D eigenvalue weighted by Crippen LogP contribution is -2.36. The number of rotatable bonds is 3. The Morgan fingerprint density at radius 2 is 2.00 bits per heavy atom. The highest BCUT2D eigenvalue weighted by Crippen LogP contribution is 2.34. The normalized spacial score (nSPS) is 26.0.